The molecular weight excluding hydrogens is 320 g/mol. The van der Waals surface area contributed by atoms with E-state index < -0.39 is 5.60 Å². The number of Topliss-reactive ketones (excluding diaryl/α,β-unsaturated/α-hetero) is 1. The molecule has 0 spiro atoms. The van der Waals surface area contributed by atoms with Crippen LogP contribution in [0.4, 0.5) is 0 Å². The predicted molar refractivity (Wildman–Crippen MR) is 82.1 cm³/mol. The van der Waals surface area contributed by atoms with E-state index in [2.05, 4.69) is 21.0 Å². The topological polar surface area (TPSA) is 44.1 Å². The Labute approximate surface area is 129 Å². The second-order valence-corrected chi connectivity index (χ2v) is 6.55. The summed E-state index contributed by atoms with van der Waals surface area (Å²) in [5.74, 6) is 0.0807. The van der Waals surface area contributed by atoms with E-state index in [1.165, 1.54) is 6.42 Å². The Kier molecular flexibility index (Phi) is 5.02. The number of ether oxygens (including phenoxy) is 1. The molecule has 1 aromatic rings. The third-order valence-corrected chi connectivity index (χ3v) is 4.53. The number of hydrogen-bond acceptors (Lipinski definition) is 3. The van der Waals surface area contributed by atoms with Gasteiger partial charge in [0.15, 0.2) is 0 Å². The highest BCUT2D eigenvalue weighted by Crippen LogP contribution is 2.36. The summed E-state index contributed by atoms with van der Waals surface area (Å²) in [5, 5.41) is 4.32. The van der Waals surface area contributed by atoms with Gasteiger partial charge in [0.2, 0.25) is 5.78 Å². The van der Waals surface area contributed by atoms with Gasteiger partial charge in [-0.3, -0.25) is 9.48 Å². The van der Waals surface area contributed by atoms with Crippen LogP contribution in [0.25, 0.3) is 0 Å². The molecule has 20 heavy (non-hydrogen) atoms. The molecule has 112 valence electrons. The van der Waals surface area contributed by atoms with Crippen molar-refractivity contribution in [2.75, 3.05) is 6.61 Å². The Balaban J connectivity index is 2.39. The monoisotopic (exact) mass is 342 g/mol. The summed E-state index contributed by atoms with van der Waals surface area (Å²) >= 11 is 3.47. The minimum Gasteiger partial charge on any atom is -0.367 e. The molecular formula is C15H23BrN2O2. The summed E-state index contributed by atoms with van der Waals surface area (Å²) in [5.41, 5.74) is -0.00213. The zero-order valence-corrected chi connectivity index (χ0v) is 14.1. The van der Waals surface area contributed by atoms with Crippen LogP contribution in [0.3, 0.4) is 0 Å². The lowest BCUT2D eigenvalue weighted by molar-refractivity contribution is -0.0418. The van der Waals surface area contributed by atoms with Gasteiger partial charge in [-0.1, -0.05) is 19.3 Å². The van der Waals surface area contributed by atoms with Crippen molar-refractivity contribution >= 4 is 21.7 Å². The highest BCUT2D eigenvalue weighted by molar-refractivity contribution is 9.10. The van der Waals surface area contributed by atoms with Gasteiger partial charge in [-0.2, -0.15) is 5.10 Å². The van der Waals surface area contributed by atoms with Crippen LogP contribution in [-0.4, -0.2) is 27.8 Å². The Hall–Kier alpha value is -0.680. The fourth-order valence-corrected chi connectivity index (χ4v) is 3.45. The van der Waals surface area contributed by atoms with Crippen molar-refractivity contribution in [2.45, 2.75) is 64.5 Å². The first-order valence-corrected chi connectivity index (χ1v) is 8.23. The molecule has 2 rings (SSSR count). The number of aromatic nitrogens is 2. The van der Waals surface area contributed by atoms with Crippen molar-refractivity contribution in [3.05, 3.63) is 16.4 Å². The molecule has 0 bridgehead atoms. The summed E-state index contributed by atoms with van der Waals surface area (Å²) in [4.78, 5) is 13.1. The Bertz CT molecular complexity index is 471. The van der Waals surface area contributed by atoms with E-state index in [-0.39, 0.29) is 11.8 Å². The molecule has 1 aliphatic rings. The van der Waals surface area contributed by atoms with Gasteiger partial charge >= 0.3 is 0 Å². The van der Waals surface area contributed by atoms with E-state index in [4.69, 9.17) is 4.74 Å². The molecule has 0 N–H and O–H groups in total. The van der Waals surface area contributed by atoms with Crippen molar-refractivity contribution in [1.29, 1.82) is 0 Å². The smallest absolute Gasteiger partial charge is 0.213 e. The Morgan fingerprint density at radius 1 is 1.45 bits per heavy atom. The van der Waals surface area contributed by atoms with Crippen molar-refractivity contribution in [3.63, 3.8) is 0 Å². The van der Waals surface area contributed by atoms with Gasteiger partial charge in [0.05, 0.1) is 10.7 Å². The lowest BCUT2D eigenvalue weighted by atomic mass is 9.80. The lowest BCUT2D eigenvalue weighted by Crippen LogP contribution is -2.44. The Morgan fingerprint density at radius 3 is 2.65 bits per heavy atom. The molecule has 5 heteroatoms. The molecule has 1 heterocycles. The number of hydrogen-bond donors (Lipinski definition) is 0. The maximum atomic E-state index is 13.1. The summed E-state index contributed by atoms with van der Waals surface area (Å²) in [6, 6.07) is 0.155. The number of ketones is 1. The first-order valence-electron chi connectivity index (χ1n) is 7.43. The lowest BCUT2D eigenvalue weighted by Gasteiger charge is -2.35. The molecule has 0 radical (unpaired) electrons. The fourth-order valence-electron chi connectivity index (χ4n) is 3.00. The van der Waals surface area contributed by atoms with E-state index in [1.54, 1.807) is 10.9 Å². The second kappa shape index (κ2) is 6.39. The standard InChI is InChI=1S/C15H23BrN2O2/c1-4-20-15(8-6-5-7-9-15)14(19)13-12(16)10-17-18(13)11(2)3/h10-11H,4-9H2,1-3H3. The zero-order valence-electron chi connectivity index (χ0n) is 12.5. The molecule has 0 atom stereocenters. The predicted octanol–water partition coefficient (Wildman–Crippen LogP) is 4.15. The van der Waals surface area contributed by atoms with Crippen LogP contribution in [0.5, 0.6) is 0 Å². The SMILES string of the molecule is CCOC1(C(=O)c2c(Br)cnn2C(C)C)CCCCC1. The molecule has 1 aromatic heterocycles. The van der Waals surface area contributed by atoms with Crippen LogP contribution in [0.1, 0.15) is 69.4 Å². The quantitative estimate of drug-likeness (QED) is 0.755. The largest absolute Gasteiger partial charge is 0.367 e. The van der Waals surface area contributed by atoms with Crippen LogP contribution in [0.2, 0.25) is 0 Å². The zero-order chi connectivity index (χ0) is 14.8. The van der Waals surface area contributed by atoms with Gasteiger partial charge in [0.25, 0.3) is 0 Å². The number of halogens is 1. The van der Waals surface area contributed by atoms with Gasteiger partial charge in [-0.25, -0.2) is 0 Å². The molecule has 1 saturated carbocycles. The van der Waals surface area contributed by atoms with Gasteiger partial charge in [-0.05, 0) is 49.5 Å². The van der Waals surface area contributed by atoms with Crippen molar-refractivity contribution in [1.82, 2.24) is 9.78 Å². The second-order valence-electron chi connectivity index (χ2n) is 5.70. The van der Waals surface area contributed by atoms with Crippen molar-refractivity contribution < 1.29 is 9.53 Å². The molecule has 0 aromatic carbocycles. The number of carbonyl (C=O) groups excluding carboxylic acids is 1. The van der Waals surface area contributed by atoms with E-state index in [0.717, 1.165) is 30.2 Å². The number of rotatable bonds is 5. The van der Waals surface area contributed by atoms with Crippen LogP contribution in [-0.2, 0) is 4.74 Å². The normalized spacial score (nSPS) is 18.4. The highest BCUT2D eigenvalue weighted by atomic mass is 79.9. The number of carbonyl (C=O) groups is 1. The minimum atomic E-state index is -0.651. The first-order chi connectivity index (χ1) is 9.52. The molecule has 0 unspecified atom stereocenters. The van der Waals surface area contributed by atoms with Crippen molar-refractivity contribution in [2.24, 2.45) is 0 Å². The molecule has 4 nitrogen and oxygen atoms in total. The summed E-state index contributed by atoms with van der Waals surface area (Å²) in [6.45, 7) is 6.59. The molecule has 0 saturated heterocycles. The van der Waals surface area contributed by atoms with Gasteiger partial charge in [0, 0.05) is 12.6 Å². The highest BCUT2D eigenvalue weighted by Gasteiger charge is 2.43. The average molecular weight is 343 g/mol. The molecule has 1 fully saturated rings. The molecule has 0 amide bonds. The van der Waals surface area contributed by atoms with Gasteiger partial charge < -0.3 is 4.74 Å². The van der Waals surface area contributed by atoms with Gasteiger partial charge in [-0.15, -0.1) is 0 Å². The molecule has 1 aliphatic carbocycles. The summed E-state index contributed by atoms with van der Waals surface area (Å²) < 4.78 is 8.49. The van der Waals surface area contributed by atoms with E-state index >= 15 is 0 Å². The van der Waals surface area contributed by atoms with Crippen molar-refractivity contribution in [3.8, 4) is 0 Å². The van der Waals surface area contributed by atoms with Gasteiger partial charge in [0.1, 0.15) is 11.3 Å². The Morgan fingerprint density at radius 2 is 2.10 bits per heavy atom. The minimum absolute atomic E-state index is 0.0807. The maximum absolute atomic E-state index is 13.1. The summed E-state index contributed by atoms with van der Waals surface area (Å²) in [6.07, 6.45) is 6.63. The third-order valence-electron chi connectivity index (χ3n) is 3.95. The molecule has 0 aliphatic heterocycles. The fraction of sp³-hybridized carbons (Fsp3) is 0.733. The van der Waals surface area contributed by atoms with Crippen LogP contribution < -0.4 is 0 Å². The van der Waals surface area contributed by atoms with E-state index in [0.29, 0.717) is 12.3 Å². The first kappa shape index (κ1) is 15.7. The maximum Gasteiger partial charge on any atom is 0.213 e. The van der Waals surface area contributed by atoms with E-state index in [1.807, 2.05) is 20.8 Å². The summed E-state index contributed by atoms with van der Waals surface area (Å²) in [7, 11) is 0. The van der Waals surface area contributed by atoms with Crippen LogP contribution in [0.15, 0.2) is 10.7 Å². The number of nitrogens with zero attached hydrogens (tertiary/aromatic N) is 2. The average Bonchev–Trinajstić information content (AvgIpc) is 2.81. The third kappa shape index (κ3) is 2.84. The van der Waals surface area contributed by atoms with E-state index in [9.17, 15) is 4.79 Å². The van der Waals surface area contributed by atoms with Crippen LogP contribution >= 0.6 is 15.9 Å². The van der Waals surface area contributed by atoms with Crippen LogP contribution in [0, 0.1) is 0 Å².